The number of hydrogen-bond acceptors (Lipinski definition) is 1. The summed E-state index contributed by atoms with van der Waals surface area (Å²) in [4.78, 5) is 5.01. The summed E-state index contributed by atoms with van der Waals surface area (Å²) >= 11 is 0.448. The Kier molecular flexibility index (Phi) is 0.992. The van der Waals surface area contributed by atoms with Crippen molar-refractivity contribution in [1.29, 1.82) is 0 Å². The van der Waals surface area contributed by atoms with Gasteiger partial charge >= 0.3 is 41.9 Å². The Hall–Kier alpha value is -0.201. The Labute approximate surface area is 42.5 Å². The molecule has 0 aliphatic carbocycles. The molecule has 0 atom stereocenters. The van der Waals surface area contributed by atoms with Crippen molar-refractivity contribution in [2.75, 3.05) is 5.73 Å². The molecule has 1 aromatic rings. The van der Waals surface area contributed by atoms with Gasteiger partial charge in [0.1, 0.15) is 0 Å². The van der Waals surface area contributed by atoms with Crippen LogP contribution in [-0.2, 0) is 0 Å². The van der Waals surface area contributed by atoms with E-state index in [4.69, 9.17) is 5.73 Å². The molecule has 0 aromatic carbocycles. The molecule has 0 saturated heterocycles. The molecule has 0 bridgehead atoms. The Morgan fingerprint density at radius 3 is 2.83 bits per heavy atom. The normalized spacial score (nSPS) is 8.67. The van der Waals surface area contributed by atoms with Crippen molar-refractivity contribution in [1.82, 2.24) is 0 Å². The van der Waals surface area contributed by atoms with E-state index in [9.17, 15) is 0 Å². The van der Waals surface area contributed by atoms with Crippen molar-refractivity contribution >= 4 is 20.2 Å². The van der Waals surface area contributed by atoms with Crippen LogP contribution in [0.1, 0.15) is 0 Å². The topological polar surface area (TPSA) is 26.0 Å². The summed E-state index contributed by atoms with van der Waals surface area (Å²) < 4.78 is 0. The van der Waals surface area contributed by atoms with Crippen LogP contribution in [-0.4, -0.2) is 14.5 Å². The van der Waals surface area contributed by atoms with E-state index in [1.54, 1.807) is 0 Å². The molecular weight excluding hydrogens is 141 g/mol. The van der Waals surface area contributed by atoms with Crippen molar-refractivity contribution in [3.63, 3.8) is 0 Å². The van der Waals surface area contributed by atoms with Gasteiger partial charge in [0.05, 0.1) is 0 Å². The molecule has 0 amide bonds. The monoisotopic (exact) mass is 146 g/mol. The van der Waals surface area contributed by atoms with Gasteiger partial charge in [-0.3, -0.25) is 0 Å². The second-order valence-corrected chi connectivity index (χ2v) is 2.47. The molecule has 1 nitrogen and oxygen atoms in total. The second kappa shape index (κ2) is 1.50. The maximum absolute atomic E-state index is 5.27. The second-order valence-electron chi connectivity index (χ2n) is 0.978. The summed E-state index contributed by atoms with van der Waals surface area (Å²) in [5.41, 5.74) is 6.07. The summed E-state index contributed by atoms with van der Waals surface area (Å²) in [5, 5.41) is 0. The van der Waals surface area contributed by atoms with E-state index in [1.807, 2.05) is 11.0 Å². The van der Waals surface area contributed by atoms with Gasteiger partial charge in [0.25, 0.3) is 0 Å². The van der Waals surface area contributed by atoms with E-state index in [0.29, 0.717) is 14.5 Å². The third-order valence-corrected chi connectivity index (χ3v) is 1.81. The fourth-order valence-corrected chi connectivity index (χ4v) is 1.26. The quantitative estimate of drug-likeness (QED) is 0.516. The minimum atomic E-state index is 0.448. The van der Waals surface area contributed by atoms with Crippen molar-refractivity contribution in [2.24, 2.45) is 0 Å². The van der Waals surface area contributed by atoms with Crippen LogP contribution in [0.4, 0.5) is 5.69 Å². The van der Waals surface area contributed by atoms with Gasteiger partial charge in [-0.2, -0.15) is 0 Å². The molecule has 0 unspecified atom stereocenters. The van der Waals surface area contributed by atoms with E-state index >= 15 is 0 Å². The number of nitrogen functional groups attached to an aromatic ring is 1. The zero-order valence-corrected chi connectivity index (χ0v) is 4.85. The Balaban J connectivity index is 3.05. The van der Waals surface area contributed by atoms with Crippen molar-refractivity contribution in [2.45, 2.75) is 0 Å². The Morgan fingerprint density at radius 1 is 1.83 bits per heavy atom. The van der Waals surface area contributed by atoms with E-state index in [2.05, 4.69) is 4.94 Å². The number of nitrogens with two attached hydrogens (primary N) is 1. The molecule has 0 fully saturated rings. The van der Waals surface area contributed by atoms with Crippen LogP contribution < -0.4 is 5.73 Å². The van der Waals surface area contributed by atoms with Gasteiger partial charge in [-0.25, -0.2) is 0 Å². The van der Waals surface area contributed by atoms with Gasteiger partial charge in [0, 0.05) is 0 Å². The first kappa shape index (κ1) is 3.97. The van der Waals surface area contributed by atoms with Crippen LogP contribution in [0.25, 0.3) is 0 Å². The van der Waals surface area contributed by atoms with Gasteiger partial charge in [-0.15, -0.1) is 0 Å². The summed E-state index contributed by atoms with van der Waals surface area (Å²) in [6.07, 6.45) is 0. The van der Waals surface area contributed by atoms with E-state index in [1.165, 1.54) is 0 Å². The van der Waals surface area contributed by atoms with E-state index < -0.39 is 0 Å². The molecule has 1 rings (SSSR count). The predicted molar refractivity (Wildman–Crippen MR) is 26.6 cm³/mol. The van der Waals surface area contributed by atoms with Gasteiger partial charge in [-0.1, -0.05) is 0 Å². The van der Waals surface area contributed by atoms with Crippen LogP contribution in [0.2, 0.25) is 0 Å². The molecule has 2 N–H and O–H groups in total. The number of rotatable bonds is 0. The van der Waals surface area contributed by atoms with Crippen LogP contribution in [0, 0.1) is 4.94 Å². The standard InChI is InChI=1S/C4H4NSe/c5-4-1-2-6-3-4/h1-2H,5H2. The molecule has 1 aromatic heterocycles. The average Bonchev–Trinajstić information content (AvgIpc) is 1.86. The van der Waals surface area contributed by atoms with Crippen molar-refractivity contribution in [3.8, 4) is 0 Å². The van der Waals surface area contributed by atoms with Crippen LogP contribution in [0.5, 0.6) is 0 Å². The van der Waals surface area contributed by atoms with E-state index in [-0.39, 0.29) is 0 Å². The SMILES string of the molecule is Nc1[c][se]cc1. The number of hydrogen-bond donors (Lipinski definition) is 1. The van der Waals surface area contributed by atoms with Gasteiger partial charge in [0.15, 0.2) is 0 Å². The van der Waals surface area contributed by atoms with E-state index in [0.717, 1.165) is 5.69 Å². The summed E-state index contributed by atoms with van der Waals surface area (Å²) in [5.74, 6) is 0. The van der Waals surface area contributed by atoms with Gasteiger partial charge in [-0.05, 0) is 0 Å². The van der Waals surface area contributed by atoms with Crippen molar-refractivity contribution < 1.29 is 0 Å². The van der Waals surface area contributed by atoms with Gasteiger partial charge in [0.2, 0.25) is 0 Å². The fourth-order valence-electron chi connectivity index (χ4n) is 0.243. The third-order valence-electron chi connectivity index (χ3n) is 0.492. The van der Waals surface area contributed by atoms with Crippen LogP contribution in [0.3, 0.4) is 0 Å². The Morgan fingerprint density at radius 2 is 2.67 bits per heavy atom. The molecule has 1 radical (unpaired) electrons. The van der Waals surface area contributed by atoms with Crippen molar-refractivity contribution in [3.05, 3.63) is 15.9 Å². The summed E-state index contributed by atoms with van der Waals surface area (Å²) in [6.45, 7) is 0. The zero-order chi connectivity index (χ0) is 4.41. The molecule has 1 heterocycles. The Bertz CT molecular complexity index is 111. The predicted octanol–water partition coefficient (Wildman–Crippen LogP) is 0.126. The first-order chi connectivity index (χ1) is 2.89. The molecule has 0 aliphatic heterocycles. The third kappa shape index (κ3) is 0.644. The molecular formula is C4H4NSe. The summed E-state index contributed by atoms with van der Waals surface area (Å²) in [7, 11) is 0. The molecule has 2 heteroatoms. The average molecular weight is 145 g/mol. The molecule has 31 valence electrons. The first-order valence-electron chi connectivity index (χ1n) is 1.60. The molecule has 0 saturated carbocycles. The molecule has 0 aliphatic rings. The van der Waals surface area contributed by atoms with Gasteiger partial charge < -0.3 is 0 Å². The maximum atomic E-state index is 5.27. The minimum absolute atomic E-state index is 0.448. The molecule has 6 heavy (non-hydrogen) atoms. The summed E-state index contributed by atoms with van der Waals surface area (Å²) in [6, 6.07) is 1.89. The zero-order valence-electron chi connectivity index (χ0n) is 3.14. The van der Waals surface area contributed by atoms with Crippen LogP contribution >= 0.6 is 0 Å². The van der Waals surface area contributed by atoms with Crippen LogP contribution in [0.15, 0.2) is 11.0 Å². The number of anilines is 1. The fraction of sp³-hybridized carbons (Fsp3) is 0. The first-order valence-corrected chi connectivity index (χ1v) is 3.45. The molecule has 0 spiro atoms.